The van der Waals surface area contributed by atoms with Gasteiger partial charge in [-0.2, -0.15) is 18.2 Å². The number of benzene rings is 1. The van der Waals surface area contributed by atoms with Gasteiger partial charge in [-0.25, -0.2) is 22.6 Å². The predicted molar refractivity (Wildman–Crippen MR) is 153 cm³/mol. The van der Waals surface area contributed by atoms with Crippen LogP contribution in [0.15, 0.2) is 24.5 Å². The molecule has 2 saturated heterocycles. The van der Waals surface area contributed by atoms with Gasteiger partial charge < -0.3 is 14.2 Å². The summed E-state index contributed by atoms with van der Waals surface area (Å²) in [6, 6.07) is 1.68. The van der Waals surface area contributed by atoms with Gasteiger partial charge in [0.25, 0.3) is 5.78 Å². The van der Waals surface area contributed by atoms with E-state index in [0.29, 0.717) is 42.8 Å². The fourth-order valence-corrected chi connectivity index (χ4v) is 7.41. The van der Waals surface area contributed by atoms with E-state index in [1.165, 1.54) is 6.07 Å². The third-order valence-corrected chi connectivity index (χ3v) is 9.59. The van der Waals surface area contributed by atoms with Gasteiger partial charge in [-0.3, -0.25) is 4.90 Å². The first-order valence-corrected chi connectivity index (χ1v) is 15.3. The number of rotatable bonds is 6. The quantitative estimate of drug-likeness (QED) is 0.248. The molecule has 3 aromatic heterocycles. The molecule has 9 nitrogen and oxygen atoms in total. The second-order valence-electron chi connectivity index (χ2n) is 12.8. The number of hydrogen-bond donors (Lipinski definition) is 0. The highest BCUT2D eigenvalue weighted by Gasteiger charge is 2.52. The van der Waals surface area contributed by atoms with Crippen molar-refractivity contribution in [1.82, 2.24) is 34.0 Å². The Morgan fingerprint density at radius 3 is 2.53 bits per heavy atom. The van der Waals surface area contributed by atoms with Crippen molar-refractivity contribution in [2.45, 2.75) is 89.3 Å². The summed E-state index contributed by atoms with van der Waals surface area (Å²) in [5.74, 6) is -2.98. The third kappa shape index (κ3) is 5.30. The normalized spacial score (nSPS) is 25.4. The number of aromatic nitrogens is 6. The standard InChI is InChI=1S/C30H34F6N8O/c1-16-13-42(26-24-27(44-15-37-40-28(44)39-26)43(18(3)38-24)14-21-5-4-8-45-21)17(2)12-41(16)25(20-10-29(32,33)11-20)19-6-7-22(23(31)9-19)30(34,35)36/h6-7,9,15-17,20-21,25H,4-5,8,10-14H2,1-3H3/t16-,17+,21+,25?/m1/s1. The lowest BCUT2D eigenvalue weighted by Crippen LogP contribution is -2.59. The molecule has 1 saturated carbocycles. The predicted octanol–water partition coefficient (Wildman–Crippen LogP) is 5.80. The summed E-state index contributed by atoms with van der Waals surface area (Å²) in [5, 5.41) is 8.31. The van der Waals surface area contributed by atoms with Crippen molar-refractivity contribution in [3.8, 4) is 0 Å². The van der Waals surface area contributed by atoms with Crippen LogP contribution in [-0.2, 0) is 17.5 Å². The fourth-order valence-electron chi connectivity index (χ4n) is 7.41. The Morgan fingerprint density at radius 1 is 1.09 bits per heavy atom. The Kier molecular flexibility index (Phi) is 7.26. The summed E-state index contributed by atoms with van der Waals surface area (Å²) in [4.78, 5) is 13.9. The molecule has 4 atom stereocenters. The molecule has 0 spiro atoms. The molecule has 3 aliphatic rings. The zero-order valence-electron chi connectivity index (χ0n) is 25.1. The molecule has 45 heavy (non-hydrogen) atoms. The van der Waals surface area contributed by atoms with E-state index in [9.17, 15) is 26.3 Å². The van der Waals surface area contributed by atoms with Crippen LogP contribution in [0.25, 0.3) is 16.9 Å². The molecule has 1 aliphatic carbocycles. The molecule has 0 amide bonds. The molecule has 7 rings (SSSR count). The van der Waals surface area contributed by atoms with E-state index in [1.807, 2.05) is 30.1 Å². The van der Waals surface area contributed by atoms with Crippen molar-refractivity contribution in [1.29, 1.82) is 0 Å². The minimum atomic E-state index is -4.85. The van der Waals surface area contributed by atoms with E-state index in [2.05, 4.69) is 19.7 Å². The molecule has 2 aliphatic heterocycles. The average molecular weight is 637 g/mol. The maximum atomic E-state index is 14.7. The van der Waals surface area contributed by atoms with Gasteiger partial charge in [0.1, 0.15) is 23.5 Å². The SMILES string of the molecule is Cc1nc2c(N3C[C@@H](C)N(C(c4ccc(C(F)(F)F)c(F)c4)C4CC(F)(F)C4)C[C@@H]3C)nc3nncn3c2n1C[C@@H]1CCCO1. The van der Waals surface area contributed by atoms with Gasteiger partial charge >= 0.3 is 6.18 Å². The van der Waals surface area contributed by atoms with Gasteiger partial charge in [-0.15, -0.1) is 10.2 Å². The van der Waals surface area contributed by atoms with E-state index >= 15 is 0 Å². The van der Waals surface area contributed by atoms with Crippen molar-refractivity contribution in [3.05, 3.63) is 47.3 Å². The highest BCUT2D eigenvalue weighted by molar-refractivity contribution is 5.87. The molecule has 1 unspecified atom stereocenters. The monoisotopic (exact) mass is 636 g/mol. The summed E-state index contributed by atoms with van der Waals surface area (Å²) in [6.07, 6.45) is -2.04. The Bertz CT molecular complexity index is 1720. The maximum absolute atomic E-state index is 14.7. The van der Waals surface area contributed by atoms with Crippen molar-refractivity contribution in [2.24, 2.45) is 5.92 Å². The molecule has 5 heterocycles. The Labute approximate surface area is 255 Å². The van der Waals surface area contributed by atoms with Crippen LogP contribution >= 0.6 is 0 Å². The molecule has 0 N–H and O–H groups in total. The zero-order chi connectivity index (χ0) is 31.8. The van der Waals surface area contributed by atoms with Crippen molar-refractivity contribution < 1.29 is 31.1 Å². The molecule has 1 aromatic carbocycles. The van der Waals surface area contributed by atoms with Crippen molar-refractivity contribution in [2.75, 3.05) is 24.6 Å². The largest absolute Gasteiger partial charge is 0.419 e. The summed E-state index contributed by atoms with van der Waals surface area (Å²) in [5.41, 5.74) is 0.362. The first kappa shape index (κ1) is 30.2. The third-order valence-electron chi connectivity index (χ3n) is 9.59. The van der Waals surface area contributed by atoms with Crippen molar-refractivity contribution in [3.63, 3.8) is 0 Å². The molecule has 4 aromatic rings. The summed E-state index contributed by atoms with van der Waals surface area (Å²) < 4.78 is 92.8. The smallest absolute Gasteiger partial charge is 0.376 e. The molecular formula is C30H34F6N8O. The molecule has 0 bridgehead atoms. The zero-order valence-corrected chi connectivity index (χ0v) is 25.1. The molecule has 242 valence electrons. The van der Waals surface area contributed by atoms with E-state index in [4.69, 9.17) is 14.7 Å². The highest BCUT2D eigenvalue weighted by Crippen LogP contribution is 2.51. The van der Waals surface area contributed by atoms with Crippen LogP contribution in [0.2, 0.25) is 0 Å². The number of fused-ring (bicyclic) bond motifs is 3. The van der Waals surface area contributed by atoms with Gasteiger partial charge in [0, 0.05) is 50.7 Å². The lowest BCUT2D eigenvalue weighted by molar-refractivity contribution is -0.140. The first-order chi connectivity index (χ1) is 21.3. The lowest BCUT2D eigenvalue weighted by Gasteiger charge is -2.52. The maximum Gasteiger partial charge on any atom is 0.419 e. The van der Waals surface area contributed by atoms with Crippen LogP contribution < -0.4 is 4.90 Å². The lowest BCUT2D eigenvalue weighted by atomic mass is 9.73. The molecule has 3 fully saturated rings. The summed E-state index contributed by atoms with van der Waals surface area (Å²) >= 11 is 0. The van der Waals surface area contributed by atoms with Gasteiger partial charge in [-0.1, -0.05) is 6.07 Å². The van der Waals surface area contributed by atoms with Crippen LogP contribution in [0.3, 0.4) is 0 Å². The molecule has 15 heteroatoms. The molecule has 0 radical (unpaired) electrons. The van der Waals surface area contributed by atoms with Gasteiger partial charge in [0.05, 0.1) is 18.2 Å². The summed E-state index contributed by atoms with van der Waals surface area (Å²) in [7, 11) is 0. The second-order valence-corrected chi connectivity index (χ2v) is 12.8. The minimum Gasteiger partial charge on any atom is -0.376 e. The molecular weight excluding hydrogens is 602 g/mol. The van der Waals surface area contributed by atoms with E-state index in [-0.39, 0.29) is 23.8 Å². The average Bonchev–Trinajstić information content (AvgIpc) is 3.70. The van der Waals surface area contributed by atoms with Crippen LogP contribution in [0.5, 0.6) is 0 Å². The second kappa shape index (κ2) is 10.8. The number of alkyl halides is 5. The number of aryl methyl sites for hydroxylation is 1. The Morgan fingerprint density at radius 2 is 1.87 bits per heavy atom. The van der Waals surface area contributed by atoms with E-state index < -0.39 is 48.3 Å². The van der Waals surface area contributed by atoms with Crippen LogP contribution in [0.1, 0.15) is 62.5 Å². The number of nitrogens with zero attached hydrogens (tertiary/aromatic N) is 8. The minimum absolute atomic E-state index is 0.0672. The Balaban J connectivity index is 1.23. The van der Waals surface area contributed by atoms with E-state index in [1.54, 1.807) is 6.33 Å². The number of imidazole rings is 1. The van der Waals surface area contributed by atoms with E-state index in [0.717, 1.165) is 37.0 Å². The highest BCUT2D eigenvalue weighted by atomic mass is 19.4. The topological polar surface area (TPSA) is 76.6 Å². The first-order valence-electron chi connectivity index (χ1n) is 15.3. The Hall–Kier alpha value is -3.46. The number of halogens is 6. The number of ether oxygens (including phenoxy) is 1. The number of piperazine rings is 1. The van der Waals surface area contributed by atoms with Crippen LogP contribution in [0, 0.1) is 18.7 Å². The van der Waals surface area contributed by atoms with Gasteiger partial charge in [0.15, 0.2) is 11.5 Å². The van der Waals surface area contributed by atoms with Gasteiger partial charge in [-0.05, 0) is 57.2 Å². The van der Waals surface area contributed by atoms with Crippen molar-refractivity contribution >= 4 is 22.8 Å². The van der Waals surface area contributed by atoms with Crippen LogP contribution in [-0.4, -0.2) is 77.8 Å². The van der Waals surface area contributed by atoms with Crippen LogP contribution in [0.4, 0.5) is 32.2 Å². The van der Waals surface area contributed by atoms with Gasteiger partial charge in [0.2, 0.25) is 5.92 Å². The number of hydrogen-bond acceptors (Lipinski definition) is 7. The number of anilines is 1. The summed E-state index contributed by atoms with van der Waals surface area (Å²) in [6.45, 7) is 8.01. The fraction of sp³-hybridized carbons (Fsp3) is 0.600.